The summed E-state index contributed by atoms with van der Waals surface area (Å²) in [6.45, 7) is 2.19. The molecule has 1 aromatic carbocycles. The number of amides is 1. The minimum Gasteiger partial charge on any atom is -0.497 e. The normalized spacial score (nSPS) is 22.3. The van der Waals surface area contributed by atoms with Gasteiger partial charge in [-0.2, -0.15) is 0 Å². The van der Waals surface area contributed by atoms with Crippen molar-refractivity contribution in [2.24, 2.45) is 5.92 Å². The molecule has 0 bridgehead atoms. The lowest BCUT2D eigenvalue weighted by Crippen LogP contribution is -2.42. The molecule has 2 atom stereocenters. The van der Waals surface area contributed by atoms with Crippen molar-refractivity contribution in [3.8, 4) is 5.75 Å². The summed E-state index contributed by atoms with van der Waals surface area (Å²) in [7, 11) is 1.59. The van der Waals surface area contributed by atoms with Crippen LogP contribution in [0.15, 0.2) is 18.2 Å². The third kappa shape index (κ3) is 3.24. The molecule has 1 aliphatic rings. The Morgan fingerprint density at radius 2 is 2.15 bits per heavy atom. The van der Waals surface area contributed by atoms with Gasteiger partial charge in [0.15, 0.2) is 0 Å². The maximum Gasteiger partial charge on any atom is 0.253 e. The van der Waals surface area contributed by atoms with Gasteiger partial charge in [0.25, 0.3) is 5.91 Å². The number of rotatable bonds is 4. The number of benzene rings is 1. The Labute approximate surface area is 120 Å². The van der Waals surface area contributed by atoms with Gasteiger partial charge in [0.05, 0.1) is 12.7 Å². The van der Waals surface area contributed by atoms with Crippen LogP contribution in [0.3, 0.4) is 0 Å². The average Bonchev–Trinajstić information content (AvgIpc) is 2.47. The molecule has 1 amide bonds. The number of hydrogen-bond donors (Lipinski definition) is 2. The lowest BCUT2D eigenvalue weighted by Gasteiger charge is -2.31. The van der Waals surface area contributed by atoms with Crippen molar-refractivity contribution in [2.75, 3.05) is 12.8 Å². The summed E-state index contributed by atoms with van der Waals surface area (Å²) in [4.78, 5) is 12.4. The maximum atomic E-state index is 12.4. The van der Waals surface area contributed by atoms with Gasteiger partial charge in [-0.25, -0.2) is 0 Å². The zero-order valence-electron chi connectivity index (χ0n) is 12.3. The number of nitrogen functional groups attached to an aromatic ring is 1. The predicted octanol–water partition coefficient (Wildman–Crippen LogP) is 2.98. The van der Waals surface area contributed by atoms with E-state index in [4.69, 9.17) is 10.5 Å². The average molecular weight is 276 g/mol. The van der Waals surface area contributed by atoms with Gasteiger partial charge < -0.3 is 15.8 Å². The highest BCUT2D eigenvalue weighted by atomic mass is 16.5. The van der Waals surface area contributed by atoms with Crippen molar-refractivity contribution in [2.45, 2.75) is 45.1 Å². The molecule has 0 saturated heterocycles. The minimum atomic E-state index is -0.0736. The Hall–Kier alpha value is -1.71. The van der Waals surface area contributed by atoms with Crippen molar-refractivity contribution >= 4 is 11.6 Å². The molecule has 0 aromatic heterocycles. The van der Waals surface area contributed by atoms with Gasteiger partial charge in [-0.15, -0.1) is 0 Å². The van der Waals surface area contributed by atoms with Crippen molar-refractivity contribution < 1.29 is 9.53 Å². The zero-order chi connectivity index (χ0) is 14.5. The summed E-state index contributed by atoms with van der Waals surface area (Å²) < 4.78 is 5.10. The molecule has 20 heavy (non-hydrogen) atoms. The predicted molar refractivity (Wildman–Crippen MR) is 80.9 cm³/mol. The molecular formula is C16H24N2O2. The van der Waals surface area contributed by atoms with Gasteiger partial charge >= 0.3 is 0 Å². The number of hydrogen-bond acceptors (Lipinski definition) is 3. The molecule has 0 spiro atoms. The van der Waals surface area contributed by atoms with Gasteiger partial charge in [-0.3, -0.25) is 4.79 Å². The van der Waals surface area contributed by atoms with E-state index in [0.29, 0.717) is 22.9 Å². The molecule has 1 fully saturated rings. The van der Waals surface area contributed by atoms with Crippen LogP contribution in [0.4, 0.5) is 5.69 Å². The molecule has 1 saturated carbocycles. The molecule has 2 rings (SSSR count). The Morgan fingerprint density at radius 1 is 1.40 bits per heavy atom. The van der Waals surface area contributed by atoms with E-state index < -0.39 is 0 Å². The van der Waals surface area contributed by atoms with E-state index in [-0.39, 0.29) is 11.9 Å². The first-order chi connectivity index (χ1) is 9.65. The molecule has 2 unspecified atom stereocenters. The van der Waals surface area contributed by atoms with Crippen LogP contribution in [0.5, 0.6) is 5.75 Å². The van der Waals surface area contributed by atoms with Crippen LogP contribution in [-0.2, 0) is 0 Å². The van der Waals surface area contributed by atoms with Gasteiger partial charge in [0.1, 0.15) is 5.75 Å². The molecule has 4 heteroatoms. The van der Waals surface area contributed by atoms with Crippen LogP contribution in [0, 0.1) is 5.92 Å². The second kappa shape index (κ2) is 6.64. The Bertz CT molecular complexity index is 474. The lowest BCUT2D eigenvalue weighted by molar-refractivity contribution is 0.0905. The smallest absolute Gasteiger partial charge is 0.253 e. The second-order valence-corrected chi connectivity index (χ2v) is 5.49. The molecule has 4 nitrogen and oxygen atoms in total. The fourth-order valence-corrected chi connectivity index (χ4v) is 3.01. The minimum absolute atomic E-state index is 0.0736. The Balaban J connectivity index is 2.07. The zero-order valence-corrected chi connectivity index (χ0v) is 12.3. The highest BCUT2D eigenvalue weighted by molar-refractivity contribution is 5.99. The molecule has 0 aliphatic heterocycles. The summed E-state index contributed by atoms with van der Waals surface area (Å²) in [5, 5.41) is 3.15. The standard InChI is InChI=1S/C16H24N2O2/c1-3-11-6-4-5-7-15(11)18-16(19)13-9-8-12(20-2)10-14(13)17/h8-11,15H,3-7,17H2,1-2H3,(H,18,19). The van der Waals surface area contributed by atoms with Crippen LogP contribution in [0.25, 0.3) is 0 Å². The molecule has 3 N–H and O–H groups in total. The van der Waals surface area contributed by atoms with Crippen LogP contribution >= 0.6 is 0 Å². The van der Waals surface area contributed by atoms with E-state index in [0.717, 1.165) is 12.8 Å². The van der Waals surface area contributed by atoms with Crippen LogP contribution < -0.4 is 15.8 Å². The first kappa shape index (κ1) is 14.7. The van der Waals surface area contributed by atoms with Crippen molar-refractivity contribution in [1.29, 1.82) is 0 Å². The molecule has 1 aromatic rings. The molecule has 0 radical (unpaired) electrons. The Morgan fingerprint density at radius 3 is 2.80 bits per heavy atom. The largest absolute Gasteiger partial charge is 0.497 e. The first-order valence-electron chi connectivity index (χ1n) is 7.40. The number of carbonyl (C=O) groups excluding carboxylic acids is 1. The van der Waals surface area contributed by atoms with Crippen molar-refractivity contribution in [3.63, 3.8) is 0 Å². The number of anilines is 1. The quantitative estimate of drug-likeness (QED) is 0.831. The van der Waals surface area contributed by atoms with Gasteiger partial charge in [0, 0.05) is 17.8 Å². The number of nitrogens with one attached hydrogen (secondary N) is 1. The van der Waals surface area contributed by atoms with E-state index in [9.17, 15) is 4.79 Å². The highest BCUT2D eigenvalue weighted by Crippen LogP contribution is 2.27. The number of ether oxygens (including phenoxy) is 1. The third-order valence-corrected chi connectivity index (χ3v) is 4.25. The van der Waals surface area contributed by atoms with E-state index in [2.05, 4.69) is 12.2 Å². The topological polar surface area (TPSA) is 64.3 Å². The molecule has 0 heterocycles. The number of methoxy groups -OCH3 is 1. The summed E-state index contributed by atoms with van der Waals surface area (Å²) in [6.07, 6.45) is 5.86. The molecule has 1 aliphatic carbocycles. The fourth-order valence-electron chi connectivity index (χ4n) is 3.01. The summed E-state index contributed by atoms with van der Waals surface area (Å²) in [5.41, 5.74) is 6.93. The van der Waals surface area contributed by atoms with E-state index in [1.54, 1.807) is 25.3 Å². The lowest BCUT2D eigenvalue weighted by atomic mass is 9.83. The third-order valence-electron chi connectivity index (χ3n) is 4.25. The van der Waals surface area contributed by atoms with Gasteiger partial charge in [-0.05, 0) is 30.9 Å². The summed E-state index contributed by atoms with van der Waals surface area (Å²) >= 11 is 0. The maximum absolute atomic E-state index is 12.4. The van der Waals surface area contributed by atoms with Gasteiger partial charge in [0.2, 0.25) is 0 Å². The van der Waals surface area contributed by atoms with E-state index >= 15 is 0 Å². The number of nitrogens with two attached hydrogens (primary N) is 1. The first-order valence-corrected chi connectivity index (χ1v) is 7.40. The van der Waals surface area contributed by atoms with Crippen LogP contribution in [-0.4, -0.2) is 19.1 Å². The SMILES string of the molecule is CCC1CCCCC1NC(=O)c1ccc(OC)cc1N. The van der Waals surface area contributed by atoms with Crippen molar-refractivity contribution in [1.82, 2.24) is 5.32 Å². The van der Waals surface area contributed by atoms with E-state index in [1.807, 2.05) is 0 Å². The van der Waals surface area contributed by atoms with Crippen molar-refractivity contribution in [3.05, 3.63) is 23.8 Å². The van der Waals surface area contributed by atoms with E-state index in [1.165, 1.54) is 19.3 Å². The Kier molecular flexibility index (Phi) is 4.88. The van der Waals surface area contributed by atoms with Gasteiger partial charge in [-0.1, -0.05) is 26.2 Å². The number of carbonyl (C=O) groups is 1. The molecular weight excluding hydrogens is 252 g/mol. The second-order valence-electron chi connectivity index (χ2n) is 5.49. The highest BCUT2D eigenvalue weighted by Gasteiger charge is 2.25. The summed E-state index contributed by atoms with van der Waals surface area (Å²) in [6, 6.07) is 5.46. The summed E-state index contributed by atoms with van der Waals surface area (Å²) in [5.74, 6) is 1.19. The van der Waals surface area contributed by atoms with Crippen LogP contribution in [0.1, 0.15) is 49.4 Å². The molecule has 110 valence electrons. The fraction of sp³-hybridized carbons (Fsp3) is 0.562. The monoisotopic (exact) mass is 276 g/mol. The van der Waals surface area contributed by atoms with Crippen LogP contribution in [0.2, 0.25) is 0 Å².